The lowest BCUT2D eigenvalue weighted by atomic mass is 10.0. The van der Waals surface area contributed by atoms with Gasteiger partial charge < -0.3 is 41.7 Å². The largest absolute Gasteiger partial charge is 0.494 e. The summed E-state index contributed by atoms with van der Waals surface area (Å²) in [5.74, 6) is -1.77. The van der Waals surface area contributed by atoms with Crippen LogP contribution in [0.4, 0.5) is 0 Å². The molecule has 2 aromatic heterocycles. The van der Waals surface area contributed by atoms with Gasteiger partial charge >= 0.3 is 0 Å². The van der Waals surface area contributed by atoms with Crippen LogP contribution in [-0.4, -0.2) is 91.9 Å². The second-order valence-corrected chi connectivity index (χ2v) is 11.2. The molecule has 0 radical (unpaired) electrons. The summed E-state index contributed by atoms with van der Waals surface area (Å²) in [6, 6.07) is 2.85. The first-order valence-electron chi connectivity index (χ1n) is 13.3. The third-order valence-corrected chi connectivity index (χ3v) is 7.68. The zero-order valence-electron chi connectivity index (χ0n) is 23.9. The quantitative estimate of drug-likeness (QED) is 0.0865. The molecule has 2 aromatic rings. The summed E-state index contributed by atoms with van der Waals surface area (Å²) >= 11 is 2.56. The first-order valence-corrected chi connectivity index (χ1v) is 15.8. The van der Waals surface area contributed by atoms with E-state index >= 15 is 0 Å². The maximum atomic E-state index is 12.2. The minimum absolute atomic E-state index is 0.0371. The molecule has 0 saturated heterocycles. The fourth-order valence-corrected chi connectivity index (χ4v) is 5.04. The van der Waals surface area contributed by atoms with Gasteiger partial charge in [-0.1, -0.05) is 6.92 Å². The van der Waals surface area contributed by atoms with Crippen molar-refractivity contribution in [3.05, 3.63) is 12.1 Å². The molecule has 2 rings (SSSR count). The Morgan fingerprint density at radius 3 is 1.31 bits per heavy atom. The van der Waals surface area contributed by atoms with Gasteiger partial charge in [-0.25, -0.2) is 0 Å². The number of aromatic nitrogens is 2. The number of hydrogen-bond donors (Lipinski definition) is 8. The van der Waals surface area contributed by atoms with Crippen molar-refractivity contribution in [2.75, 3.05) is 38.7 Å². The van der Waals surface area contributed by atoms with Gasteiger partial charge in [0.2, 0.25) is 35.4 Å². The van der Waals surface area contributed by atoms with Crippen molar-refractivity contribution in [2.45, 2.75) is 55.5 Å². The van der Waals surface area contributed by atoms with E-state index in [-0.39, 0.29) is 118 Å². The third kappa shape index (κ3) is 11.0. The average molecular weight is 629 g/mol. The molecule has 4 amide bonds. The number of hydrogen-bond acceptors (Lipinski definition) is 10. The van der Waals surface area contributed by atoms with Crippen LogP contribution in [0, 0.1) is 5.92 Å². The molecule has 0 aliphatic rings. The van der Waals surface area contributed by atoms with E-state index in [2.05, 4.69) is 21.3 Å². The predicted molar refractivity (Wildman–Crippen MR) is 159 cm³/mol. The summed E-state index contributed by atoms with van der Waals surface area (Å²) in [6.45, 7) is 2.81. The Bertz CT molecular complexity index is 1140. The van der Waals surface area contributed by atoms with Gasteiger partial charge in [0.1, 0.15) is 0 Å². The molecular weight excluding hydrogens is 588 g/mol. The molecule has 0 aliphatic carbocycles. The Morgan fingerprint density at radius 1 is 0.667 bits per heavy atom. The highest BCUT2D eigenvalue weighted by Gasteiger charge is 2.16. The molecule has 0 unspecified atom stereocenters. The van der Waals surface area contributed by atoms with Crippen LogP contribution in [-0.2, 0) is 32.3 Å². The van der Waals surface area contributed by atoms with Gasteiger partial charge in [-0.2, -0.15) is 0 Å². The van der Waals surface area contributed by atoms with E-state index in [9.17, 15) is 39.6 Å². The number of aromatic hydroxyl groups is 4. The van der Waals surface area contributed by atoms with Crippen LogP contribution in [0.25, 0.3) is 0 Å². The van der Waals surface area contributed by atoms with Crippen LogP contribution >= 0.6 is 23.5 Å². The number of amides is 4. The second-order valence-electron chi connectivity index (χ2n) is 9.51. The molecule has 16 heteroatoms. The van der Waals surface area contributed by atoms with Crippen molar-refractivity contribution >= 4 is 47.2 Å². The van der Waals surface area contributed by atoms with Gasteiger partial charge in [0, 0.05) is 77.1 Å². The molecule has 0 atom stereocenters. The predicted octanol–water partition coefficient (Wildman–Crippen LogP) is 0.917. The lowest BCUT2D eigenvalue weighted by Crippen LogP contribution is -2.37. The Labute approximate surface area is 252 Å². The van der Waals surface area contributed by atoms with E-state index in [1.165, 1.54) is 44.8 Å². The number of thioether (sulfide) groups is 2. The van der Waals surface area contributed by atoms with Crippen LogP contribution in [0.5, 0.6) is 23.5 Å². The zero-order chi connectivity index (χ0) is 31.2. The smallest absolute Gasteiger partial charge is 0.221 e. The van der Waals surface area contributed by atoms with E-state index in [0.717, 1.165) is 0 Å². The number of carbonyl (C=O) groups is 4. The van der Waals surface area contributed by atoms with E-state index in [4.69, 9.17) is 0 Å². The summed E-state index contributed by atoms with van der Waals surface area (Å²) in [7, 11) is 0. The second kappa shape index (κ2) is 17.3. The molecule has 0 spiro atoms. The van der Waals surface area contributed by atoms with Gasteiger partial charge in [-0.05, 0) is 18.4 Å². The van der Waals surface area contributed by atoms with Gasteiger partial charge in [-0.3, -0.25) is 28.3 Å². The molecule has 234 valence electrons. The molecule has 8 N–H and O–H groups in total. The van der Waals surface area contributed by atoms with Crippen LogP contribution < -0.4 is 21.3 Å². The minimum atomic E-state index is -0.298. The Hall–Kier alpha value is -3.66. The van der Waals surface area contributed by atoms with Crippen LogP contribution in [0.15, 0.2) is 21.9 Å². The maximum Gasteiger partial charge on any atom is 0.221 e. The molecular formula is C26H40N6O8S2. The van der Waals surface area contributed by atoms with Gasteiger partial charge in [-0.15, -0.1) is 23.5 Å². The van der Waals surface area contributed by atoms with Crippen LogP contribution in [0.1, 0.15) is 32.6 Å². The monoisotopic (exact) mass is 628 g/mol. The SMILES string of the molecule is CSc1cc(O)n(CCC(=O)NCCNC(=O)CC(C)CC(=O)NCCNC(=O)CCn2c(O)cc(SC)c2O)c1O. The number of carbonyl (C=O) groups excluding carboxylic acids is 4. The van der Waals surface area contributed by atoms with Crippen molar-refractivity contribution < 1.29 is 39.6 Å². The summed E-state index contributed by atoms with van der Waals surface area (Å²) in [5.41, 5.74) is 0. The van der Waals surface area contributed by atoms with E-state index in [0.29, 0.717) is 9.79 Å². The normalized spacial score (nSPS) is 11.0. The standard InChI is InChI=1S/C26H40N6O8S2/c1-16(12-21(35)29-8-6-27-19(33)4-10-31-23(37)14-17(41-2)25(31)39)13-22(36)30-9-7-28-20(34)5-11-32-24(38)15-18(42-3)26(32)40/h14-16,37-40H,4-13H2,1-3H3,(H,27,33)(H,28,34)(H,29,35)(H,30,36). The molecule has 0 fully saturated rings. The zero-order valence-corrected chi connectivity index (χ0v) is 25.6. The van der Waals surface area contributed by atoms with E-state index in [1.54, 1.807) is 19.4 Å². The summed E-state index contributed by atoms with van der Waals surface area (Å²) < 4.78 is 2.49. The molecule has 0 saturated carbocycles. The molecule has 0 bridgehead atoms. The Balaban J connectivity index is 1.53. The number of nitrogens with zero attached hydrogens (tertiary/aromatic N) is 2. The number of rotatable bonds is 18. The first kappa shape index (κ1) is 34.5. The highest BCUT2D eigenvalue weighted by atomic mass is 32.2. The van der Waals surface area contributed by atoms with Crippen molar-refractivity contribution in [2.24, 2.45) is 5.92 Å². The fraction of sp³-hybridized carbons (Fsp3) is 0.538. The summed E-state index contributed by atoms with van der Waals surface area (Å²) in [4.78, 5) is 49.4. The average Bonchev–Trinajstić information content (AvgIpc) is 3.38. The maximum absolute atomic E-state index is 12.2. The molecule has 0 aliphatic heterocycles. The summed E-state index contributed by atoms with van der Waals surface area (Å²) in [5, 5.41) is 50.5. The molecule has 2 heterocycles. The van der Waals surface area contributed by atoms with Crippen LogP contribution in [0.2, 0.25) is 0 Å². The van der Waals surface area contributed by atoms with Gasteiger partial charge in [0.05, 0.1) is 9.79 Å². The van der Waals surface area contributed by atoms with Crippen LogP contribution in [0.3, 0.4) is 0 Å². The van der Waals surface area contributed by atoms with E-state index in [1.807, 2.05) is 0 Å². The van der Waals surface area contributed by atoms with Crippen molar-refractivity contribution in [1.29, 1.82) is 0 Å². The first-order chi connectivity index (χ1) is 20.0. The topological polar surface area (TPSA) is 207 Å². The molecule has 42 heavy (non-hydrogen) atoms. The Morgan fingerprint density at radius 2 is 1.00 bits per heavy atom. The van der Waals surface area contributed by atoms with Crippen molar-refractivity contribution in [3.63, 3.8) is 0 Å². The summed E-state index contributed by atoms with van der Waals surface area (Å²) in [6.07, 6.45) is 3.85. The van der Waals surface area contributed by atoms with E-state index < -0.39 is 0 Å². The van der Waals surface area contributed by atoms with Crippen molar-refractivity contribution in [1.82, 2.24) is 30.4 Å². The highest BCUT2D eigenvalue weighted by Crippen LogP contribution is 2.35. The lowest BCUT2D eigenvalue weighted by molar-refractivity contribution is -0.125. The highest BCUT2D eigenvalue weighted by molar-refractivity contribution is 7.99. The fourth-order valence-electron chi connectivity index (χ4n) is 4.00. The lowest BCUT2D eigenvalue weighted by Gasteiger charge is -2.13. The third-order valence-electron chi connectivity index (χ3n) is 6.20. The van der Waals surface area contributed by atoms with Crippen molar-refractivity contribution in [3.8, 4) is 23.5 Å². The molecule has 0 aromatic carbocycles. The van der Waals surface area contributed by atoms with Gasteiger partial charge in [0.25, 0.3) is 0 Å². The minimum Gasteiger partial charge on any atom is -0.494 e. The molecule has 14 nitrogen and oxygen atoms in total. The Kier molecular flexibility index (Phi) is 14.3. The van der Waals surface area contributed by atoms with Gasteiger partial charge in [0.15, 0.2) is 11.8 Å². The number of nitrogens with one attached hydrogen (secondary N) is 4.